The largest absolute Gasteiger partial charge is 0.396 e. The summed E-state index contributed by atoms with van der Waals surface area (Å²) >= 11 is 0. The van der Waals surface area contributed by atoms with Crippen LogP contribution in [0.3, 0.4) is 0 Å². The molecule has 0 aliphatic heterocycles. The summed E-state index contributed by atoms with van der Waals surface area (Å²) in [5.41, 5.74) is -0.156. The van der Waals surface area contributed by atoms with Gasteiger partial charge in [-0.15, -0.1) is 0 Å². The van der Waals surface area contributed by atoms with Crippen LogP contribution in [0.25, 0.3) is 0 Å². The lowest BCUT2D eigenvalue weighted by Crippen LogP contribution is -2.27. The maximum atomic E-state index is 9.19. The average molecular weight is 238 g/mol. The second-order valence-electron chi connectivity index (χ2n) is 4.83. The molecule has 0 amide bonds. The van der Waals surface area contributed by atoms with Crippen molar-refractivity contribution < 1.29 is 5.11 Å². The zero-order chi connectivity index (χ0) is 12.9. The number of hydrogen-bond donors (Lipinski definition) is 3. The molecule has 96 valence electrons. The Hall–Kier alpha value is -1.36. The summed E-state index contributed by atoms with van der Waals surface area (Å²) in [5, 5.41) is 15.4. The molecule has 0 aromatic carbocycles. The Morgan fingerprint density at radius 1 is 1.29 bits per heavy atom. The van der Waals surface area contributed by atoms with Gasteiger partial charge >= 0.3 is 0 Å². The molecule has 0 bridgehead atoms. The molecular weight excluding hydrogens is 216 g/mol. The molecule has 3 N–H and O–H groups in total. The SMILES string of the molecule is CCc1nc(NC)cc(NCC(C)(C)CO)n1. The van der Waals surface area contributed by atoms with Gasteiger partial charge in [0.05, 0.1) is 0 Å². The Balaban J connectivity index is 2.76. The van der Waals surface area contributed by atoms with Crippen molar-refractivity contribution >= 4 is 11.6 Å². The van der Waals surface area contributed by atoms with Crippen molar-refractivity contribution in [1.82, 2.24) is 9.97 Å². The fourth-order valence-electron chi connectivity index (χ4n) is 1.26. The number of aryl methyl sites for hydroxylation is 1. The smallest absolute Gasteiger partial charge is 0.132 e. The normalized spacial score (nSPS) is 11.4. The minimum absolute atomic E-state index is 0.143. The summed E-state index contributed by atoms with van der Waals surface area (Å²) in [6.45, 7) is 6.84. The molecule has 0 aliphatic carbocycles. The lowest BCUT2D eigenvalue weighted by molar-refractivity contribution is 0.170. The molecule has 5 nitrogen and oxygen atoms in total. The first-order valence-electron chi connectivity index (χ1n) is 5.91. The van der Waals surface area contributed by atoms with Crippen LogP contribution in [0.15, 0.2) is 6.07 Å². The Kier molecular flexibility index (Phi) is 4.69. The summed E-state index contributed by atoms with van der Waals surface area (Å²) in [6.07, 6.45) is 0.799. The zero-order valence-electron chi connectivity index (χ0n) is 11.0. The topological polar surface area (TPSA) is 70.1 Å². The molecule has 0 saturated heterocycles. The lowest BCUT2D eigenvalue weighted by Gasteiger charge is -2.22. The molecule has 1 aromatic rings. The number of hydrogen-bond acceptors (Lipinski definition) is 5. The van der Waals surface area contributed by atoms with Gasteiger partial charge in [0.2, 0.25) is 0 Å². The number of anilines is 2. The quantitative estimate of drug-likeness (QED) is 0.701. The first kappa shape index (κ1) is 13.7. The van der Waals surface area contributed by atoms with E-state index in [2.05, 4.69) is 20.6 Å². The molecule has 0 aliphatic rings. The van der Waals surface area contributed by atoms with Crippen LogP contribution in [0.2, 0.25) is 0 Å². The fourth-order valence-corrected chi connectivity index (χ4v) is 1.26. The molecule has 1 aromatic heterocycles. The molecule has 1 rings (SSSR count). The van der Waals surface area contributed by atoms with Crippen LogP contribution in [0.1, 0.15) is 26.6 Å². The van der Waals surface area contributed by atoms with E-state index in [1.165, 1.54) is 0 Å². The third-order valence-electron chi connectivity index (χ3n) is 2.52. The van der Waals surface area contributed by atoms with Crippen LogP contribution in [0.4, 0.5) is 11.6 Å². The first-order chi connectivity index (χ1) is 8.00. The van der Waals surface area contributed by atoms with Crippen LogP contribution < -0.4 is 10.6 Å². The Morgan fingerprint density at radius 3 is 2.47 bits per heavy atom. The molecule has 5 heteroatoms. The van der Waals surface area contributed by atoms with Crippen molar-refractivity contribution in [1.29, 1.82) is 0 Å². The highest BCUT2D eigenvalue weighted by Gasteiger charge is 2.16. The maximum absolute atomic E-state index is 9.19. The van der Waals surface area contributed by atoms with E-state index < -0.39 is 0 Å². The molecule has 0 spiro atoms. The van der Waals surface area contributed by atoms with Crippen molar-refractivity contribution in [2.45, 2.75) is 27.2 Å². The van der Waals surface area contributed by atoms with Crippen LogP contribution in [-0.4, -0.2) is 35.3 Å². The molecular formula is C12H22N4O. The Labute approximate surface area is 103 Å². The Morgan fingerprint density at radius 2 is 1.94 bits per heavy atom. The highest BCUT2D eigenvalue weighted by atomic mass is 16.3. The molecule has 0 unspecified atom stereocenters. The standard InChI is InChI=1S/C12H22N4O/c1-5-9-15-10(13-4)6-11(16-9)14-7-12(2,3)8-17/h6,17H,5,7-8H2,1-4H3,(H2,13,14,15,16). The summed E-state index contributed by atoms with van der Waals surface area (Å²) < 4.78 is 0. The summed E-state index contributed by atoms with van der Waals surface area (Å²) in [5.74, 6) is 2.41. The first-order valence-corrected chi connectivity index (χ1v) is 5.91. The molecule has 1 heterocycles. The van der Waals surface area contributed by atoms with E-state index >= 15 is 0 Å². The van der Waals surface area contributed by atoms with Gasteiger partial charge in [-0.1, -0.05) is 20.8 Å². The third-order valence-corrected chi connectivity index (χ3v) is 2.52. The molecule has 0 fully saturated rings. The highest BCUT2D eigenvalue weighted by molar-refractivity contribution is 5.47. The second-order valence-corrected chi connectivity index (χ2v) is 4.83. The van der Waals surface area contributed by atoms with Crippen LogP contribution in [-0.2, 0) is 6.42 Å². The lowest BCUT2D eigenvalue weighted by atomic mass is 9.95. The Bertz CT molecular complexity index is 343. The number of nitrogens with one attached hydrogen (secondary N) is 2. The minimum atomic E-state index is -0.156. The van der Waals surface area contributed by atoms with Gasteiger partial charge in [-0.2, -0.15) is 0 Å². The van der Waals surface area contributed by atoms with Gasteiger partial charge < -0.3 is 15.7 Å². The monoisotopic (exact) mass is 238 g/mol. The van der Waals surface area contributed by atoms with Gasteiger partial charge in [-0.05, 0) is 0 Å². The number of nitrogens with zero attached hydrogens (tertiary/aromatic N) is 2. The van der Waals surface area contributed by atoms with E-state index in [4.69, 9.17) is 0 Å². The van der Waals surface area contributed by atoms with Crippen molar-refractivity contribution in [3.8, 4) is 0 Å². The van der Waals surface area contributed by atoms with E-state index in [1.54, 1.807) is 0 Å². The van der Waals surface area contributed by atoms with Crippen molar-refractivity contribution in [3.05, 3.63) is 11.9 Å². The fraction of sp³-hybridized carbons (Fsp3) is 0.667. The predicted octanol–water partition coefficient (Wildman–Crippen LogP) is 1.51. The molecule has 17 heavy (non-hydrogen) atoms. The second kappa shape index (κ2) is 5.82. The van der Waals surface area contributed by atoms with Crippen molar-refractivity contribution in [2.75, 3.05) is 30.8 Å². The number of aliphatic hydroxyl groups is 1. The van der Waals surface area contributed by atoms with E-state index in [9.17, 15) is 5.11 Å². The van der Waals surface area contributed by atoms with Gasteiger partial charge in [-0.25, -0.2) is 9.97 Å². The van der Waals surface area contributed by atoms with Crippen LogP contribution in [0.5, 0.6) is 0 Å². The summed E-state index contributed by atoms with van der Waals surface area (Å²) in [6, 6.07) is 1.87. The average Bonchev–Trinajstić information content (AvgIpc) is 2.36. The van der Waals surface area contributed by atoms with Gasteiger partial charge in [0, 0.05) is 38.1 Å². The highest BCUT2D eigenvalue weighted by Crippen LogP contribution is 2.16. The third kappa shape index (κ3) is 4.19. The van der Waals surface area contributed by atoms with E-state index in [1.807, 2.05) is 33.9 Å². The van der Waals surface area contributed by atoms with E-state index in [0.29, 0.717) is 6.54 Å². The van der Waals surface area contributed by atoms with E-state index in [-0.39, 0.29) is 12.0 Å². The van der Waals surface area contributed by atoms with Crippen molar-refractivity contribution in [2.24, 2.45) is 5.41 Å². The van der Waals surface area contributed by atoms with Gasteiger partial charge in [0.1, 0.15) is 17.5 Å². The van der Waals surface area contributed by atoms with E-state index in [0.717, 1.165) is 23.9 Å². The summed E-state index contributed by atoms with van der Waals surface area (Å²) in [4.78, 5) is 8.72. The predicted molar refractivity (Wildman–Crippen MR) is 70.3 cm³/mol. The summed E-state index contributed by atoms with van der Waals surface area (Å²) in [7, 11) is 1.84. The van der Waals surface area contributed by atoms with Gasteiger partial charge in [-0.3, -0.25) is 0 Å². The molecule has 0 radical (unpaired) electrons. The number of aliphatic hydroxyl groups excluding tert-OH is 1. The van der Waals surface area contributed by atoms with Crippen molar-refractivity contribution in [3.63, 3.8) is 0 Å². The number of rotatable bonds is 6. The zero-order valence-corrected chi connectivity index (χ0v) is 11.0. The van der Waals surface area contributed by atoms with Gasteiger partial charge in [0.25, 0.3) is 0 Å². The number of aromatic nitrogens is 2. The minimum Gasteiger partial charge on any atom is -0.396 e. The van der Waals surface area contributed by atoms with Crippen LogP contribution in [0, 0.1) is 5.41 Å². The maximum Gasteiger partial charge on any atom is 0.132 e. The van der Waals surface area contributed by atoms with Gasteiger partial charge in [0.15, 0.2) is 0 Å². The molecule has 0 atom stereocenters. The molecule has 0 saturated carbocycles. The van der Waals surface area contributed by atoms with Crippen LogP contribution >= 0.6 is 0 Å².